The standard InChI is InChI=1S/C23H27N3O3S2/c1-14-7-4-8-15(2)20(14)24-18(27)13-30-23-25-21-19(16-9-5-10-17(16)31-21)22(28)26(23)11-6-12-29-3/h4,7-8H,5-6,9-13H2,1-3H3,(H,24,27). The summed E-state index contributed by atoms with van der Waals surface area (Å²) in [7, 11) is 1.66. The topological polar surface area (TPSA) is 73.2 Å². The zero-order valence-corrected chi connectivity index (χ0v) is 19.8. The van der Waals surface area contributed by atoms with Crippen molar-refractivity contribution in [3.05, 3.63) is 50.1 Å². The molecule has 0 bridgehead atoms. The molecule has 31 heavy (non-hydrogen) atoms. The van der Waals surface area contributed by atoms with Crippen molar-refractivity contribution in [1.29, 1.82) is 0 Å². The van der Waals surface area contributed by atoms with Crippen LogP contribution in [-0.4, -0.2) is 34.9 Å². The number of nitrogens with zero attached hydrogens (tertiary/aromatic N) is 2. The minimum atomic E-state index is -0.103. The molecule has 0 fully saturated rings. The normalized spacial score (nSPS) is 13.0. The summed E-state index contributed by atoms with van der Waals surface area (Å²) in [4.78, 5) is 32.9. The van der Waals surface area contributed by atoms with Crippen LogP contribution in [0, 0.1) is 13.8 Å². The van der Waals surface area contributed by atoms with Crippen LogP contribution in [0.1, 0.15) is 34.4 Å². The maximum Gasteiger partial charge on any atom is 0.263 e. The number of rotatable bonds is 8. The monoisotopic (exact) mass is 457 g/mol. The number of carbonyl (C=O) groups is 1. The molecular weight excluding hydrogens is 430 g/mol. The van der Waals surface area contributed by atoms with Crippen molar-refractivity contribution in [2.45, 2.75) is 51.2 Å². The van der Waals surface area contributed by atoms with E-state index in [4.69, 9.17) is 9.72 Å². The SMILES string of the molecule is COCCCn1c(SCC(=O)Nc2c(C)cccc2C)nc2sc3c(c2c1=O)CCC3. The molecule has 0 radical (unpaired) electrons. The summed E-state index contributed by atoms with van der Waals surface area (Å²) in [5, 5.41) is 4.39. The van der Waals surface area contributed by atoms with Gasteiger partial charge in [-0.3, -0.25) is 14.2 Å². The molecule has 1 amide bonds. The number of benzene rings is 1. The largest absolute Gasteiger partial charge is 0.385 e. The van der Waals surface area contributed by atoms with Crippen LogP contribution in [0.5, 0.6) is 0 Å². The smallest absolute Gasteiger partial charge is 0.263 e. The van der Waals surface area contributed by atoms with Crippen LogP contribution in [0.25, 0.3) is 10.2 Å². The molecule has 1 aromatic carbocycles. The second-order valence-corrected chi connectivity index (χ2v) is 9.86. The molecule has 164 valence electrons. The molecule has 4 rings (SSSR count). The molecule has 0 unspecified atom stereocenters. The van der Waals surface area contributed by atoms with E-state index in [1.54, 1.807) is 23.0 Å². The van der Waals surface area contributed by atoms with Gasteiger partial charge in [0.25, 0.3) is 5.56 Å². The molecule has 8 heteroatoms. The Labute approximate surface area is 190 Å². The average Bonchev–Trinajstić information content (AvgIpc) is 3.32. The lowest BCUT2D eigenvalue weighted by Gasteiger charge is -2.13. The first-order valence-corrected chi connectivity index (χ1v) is 12.3. The molecule has 3 aromatic rings. The number of amides is 1. The van der Waals surface area contributed by atoms with Gasteiger partial charge < -0.3 is 10.1 Å². The quantitative estimate of drug-likeness (QED) is 0.310. The summed E-state index contributed by atoms with van der Waals surface area (Å²) in [6.07, 6.45) is 3.81. The van der Waals surface area contributed by atoms with Crippen molar-refractivity contribution >= 4 is 44.9 Å². The lowest BCUT2D eigenvalue weighted by atomic mass is 10.1. The molecule has 0 spiro atoms. The number of anilines is 1. The van der Waals surface area contributed by atoms with E-state index in [1.165, 1.54) is 22.2 Å². The number of nitrogens with one attached hydrogen (secondary N) is 1. The van der Waals surface area contributed by atoms with Crippen LogP contribution in [0.3, 0.4) is 0 Å². The number of hydrogen-bond acceptors (Lipinski definition) is 6. The number of methoxy groups -OCH3 is 1. The van der Waals surface area contributed by atoms with E-state index in [9.17, 15) is 9.59 Å². The number of thiophene rings is 1. The van der Waals surface area contributed by atoms with Gasteiger partial charge in [-0.05, 0) is 56.2 Å². The number of carbonyl (C=O) groups excluding carboxylic acids is 1. The summed E-state index contributed by atoms with van der Waals surface area (Å²) < 4.78 is 6.90. The van der Waals surface area contributed by atoms with Crippen molar-refractivity contribution in [3.63, 3.8) is 0 Å². The minimum Gasteiger partial charge on any atom is -0.385 e. The molecule has 0 saturated heterocycles. The molecule has 1 aliphatic rings. The molecule has 0 saturated carbocycles. The number of aryl methyl sites for hydroxylation is 4. The molecule has 2 heterocycles. The minimum absolute atomic E-state index is 0.0122. The molecule has 2 aromatic heterocycles. The van der Waals surface area contributed by atoms with Crippen molar-refractivity contribution < 1.29 is 9.53 Å². The molecule has 6 nitrogen and oxygen atoms in total. The van der Waals surface area contributed by atoms with Crippen LogP contribution in [0.15, 0.2) is 28.2 Å². The zero-order chi connectivity index (χ0) is 22.0. The Morgan fingerprint density at radius 3 is 2.81 bits per heavy atom. The van der Waals surface area contributed by atoms with Gasteiger partial charge in [0.15, 0.2) is 5.16 Å². The van der Waals surface area contributed by atoms with Gasteiger partial charge in [-0.2, -0.15) is 0 Å². The number of thioether (sulfide) groups is 1. The van der Waals surface area contributed by atoms with Crippen LogP contribution in [0.2, 0.25) is 0 Å². The fourth-order valence-corrected chi connectivity index (χ4v) is 6.18. The van der Waals surface area contributed by atoms with Crippen molar-refractivity contribution in [3.8, 4) is 0 Å². The van der Waals surface area contributed by atoms with Gasteiger partial charge >= 0.3 is 0 Å². The Kier molecular flexibility index (Phi) is 6.79. The maximum absolute atomic E-state index is 13.4. The Hall–Kier alpha value is -2.16. The second kappa shape index (κ2) is 9.54. The highest BCUT2D eigenvalue weighted by molar-refractivity contribution is 7.99. The highest BCUT2D eigenvalue weighted by atomic mass is 32.2. The summed E-state index contributed by atoms with van der Waals surface area (Å²) in [5.74, 6) is 0.0926. The van der Waals surface area contributed by atoms with E-state index in [1.807, 2.05) is 32.0 Å². The van der Waals surface area contributed by atoms with Crippen LogP contribution in [0.4, 0.5) is 5.69 Å². The average molecular weight is 458 g/mol. The van der Waals surface area contributed by atoms with Gasteiger partial charge in [0.1, 0.15) is 4.83 Å². The van der Waals surface area contributed by atoms with Gasteiger partial charge in [0.2, 0.25) is 5.91 Å². The first-order valence-electron chi connectivity index (χ1n) is 10.5. The molecule has 0 aliphatic heterocycles. The van der Waals surface area contributed by atoms with Crippen LogP contribution >= 0.6 is 23.1 Å². The number of ether oxygens (including phenoxy) is 1. The van der Waals surface area contributed by atoms with Gasteiger partial charge in [-0.1, -0.05) is 30.0 Å². The van der Waals surface area contributed by atoms with Crippen LogP contribution in [-0.2, 0) is 28.9 Å². The van der Waals surface area contributed by atoms with Gasteiger partial charge in [0.05, 0.1) is 11.1 Å². The van der Waals surface area contributed by atoms with Crippen molar-refractivity contribution in [2.24, 2.45) is 0 Å². The number of aromatic nitrogens is 2. The van der Waals surface area contributed by atoms with E-state index in [0.29, 0.717) is 18.3 Å². The summed E-state index contributed by atoms with van der Waals surface area (Å²) in [6.45, 7) is 5.06. The Morgan fingerprint density at radius 2 is 2.06 bits per heavy atom. The second-order valence-electron chi connectivity index (χ2n) is 7.84. The maximum atomic E-state index is 13.4. The summed E-state index contributed by atoms with van der Waals surface area (Å²) >= 11 is 2.95. The first kappa shape index (κ1) is 22.0. The fraction of sp³-hybridized carbons (Fsp3) is 0.435. The Bertz CT molecular complexity index is 1160. The Morgan fingerprint density at radius 1 is 1.29 bits per heavy atom. The summed E-state index contributed by atoms with van der Waals surface area (Å²) in [6, 6.07) is 5.94. The number of para-hydroxylation sites is 1. The third-order valence-corrected chi connectivity index (χ3v) is 7.76. The van der Waals surface area contributed by atoms with Crippen molar-refractivity contribution in [2.75, 3.05) is 24.8 Å². The van der Waals surface area contributed by atoms with Gasteiger partial charge in [0, 0.05) is 30.8 Å². The van der Waals surface area contributed by atoms with Crippen molar-refractivity contribution in [1.82, 2.24) is 9.55 Å². The number of fused-ring (bicyclic) bond motifs is 3. The van der Waals surface area contributed by atoms with Gasteiger partial charge in [-0.25, -0.2) is 4.98 Å². The first-order chi connectivity index (χ1) is 15.0. The highest BCUT2D eigenvalue weighted by Gasteiger charge is 2.23. The predicted molar refractivity (Wildman–Crippen MR) is 128 cm³/mol. The Balaban J connectivity index is 1.59. The van der Waals surface area contributed by atoms with E-state index in [0.717, 1.165) is 52.7 Å². The highest BCUT2D eigenvalue weighted by Crippen LogP contribution is 2.35. The lowest BCUT2D eigenvalue weighted by molar-refractivity contribution is -0.113. The number of hydrogen-bond donors (Lipinski definition) is 1. The van der Waals surface area contributed by atoms with E-state index < -0.39 is 0 Å². The molecule has 1 aliphatic carbocycles. The summed E-state index contributed by atoms with van der Waals surface area (Å²) in [5.41, 5.74) is 4.11. The van der Waals surface area contributed by atoms with E-state index >= 15 is 0 Å². The third kappa shape index (κ3) is 4.56. The predicted octanol–water partition coefficient (Wildman–Crippen LogP) is 4.33. The fourth-order valence-electron chi connectivity index (χ4n) is 4.05. The third-order valence-electron chi connectivity index (χ3n) is 5.60. The zero-order valence-electron chi connectivity index (χ0n) is 18.1. The molecule has 1 N–H and O–H groups in total. The van der Waals surface area contributed by atoms with Crippen LogP contribution < -0.4 is 10.9 Å². The van der Waals surface area contributed by atoms with E-state index in [2.05, 4.69) is 5.32 Å². The molecule has 0 atom stereocenters. The van der Waals surface area contributed by atoms with Gasteiger partial charge in [-0.15, -0.1) is 11.3 Å². The lowest BCUT2D eigenvalue weighted by Crippen LogP contribution is -2.25. The van der Waals surface area contributed by atoms with E-state index in [-0.39, 0.29) is 17.2 Å². The molecular formula is C23H27N3O3S2.